The van der Waals surface area contributed by atoms with Gasteiger partial charge in [0.05, 0.1) is 9.92 Å². The SMILES string of the molecule is Cc1cc(S(=O)(=O)Nc2ccc(Cl)cn2)c(C)cc1Cl. The van der Waals surface area contributed by atoms with E-state index in [1.807, 2.05) is 0 Å². The zero-order valence-corrected chi connectivity index (χ0v) is 13.1. The van der Waals surface area contributed by atoms with Gasteiger partial charge in [0.15, 0.2) is 0 Å². The molecule has 4 nitrogen and oxygen atoms in total. The van der Waals surface area contributed by atoms with Gasteiger partial charge in [-0.05, 0) is 49.2 Å². The predicted molar refractivity (Wildman–Crippen MR) is 81.0 cm³/mol. The molecule has 1 heterocycles. The molecule has 1 aromatic carbocycles. The fourth-order valence-corrected chi connectivity index (χ4v) is 3.32. The Balaban J connectivity index is 2.40. The van der Waals surface area contributed by atoms with Gasteiger partial charge in [-0.2, -0.15) is 0 Å². The van der Waals surface area contributed by atoms with Crippen LogP contribution in [0.15, 0.2) is 35.4 Å². The van der Waals surface area contributed by atoms with Crippen molar-refractivity contribution in [2.45, 2.75) is 18.7 Å². The molecule has 0 atom stereocenters. The number of sulfonamides is 1. The van der Waals surface area contributed by atoms with Crippen molar-refractivity contribution >= 4 is 39.0 Å². The third kappa shape index (κ3) is 3.23. The smallest absolute Gasteiger partial charge is 0.263 e. The number of hydrogen-bond acceptors (Lipinski definition) is 3. The van der Waals surface area contributed by atoms with Crippen molar-refractivity contribution in [1.29, 1.82) is 0 Å². The summed E-state index contributed by atoms with van der Waals surface area (Å²) < 4.78 is 27.1. The third-order valence-electron chi connectivity index (χ3n) is 2.71. The van der Waals surface area contributed by atoms with Crippen molar-refractivity contribution in [3.05, 3.63) is 51.6 Å². The van der Waals surface area contributed by atoms with Gasteiger partial charge in [0.25, 0.3) is 10.0 Å². The monoisotopic (exact) mass is 330 g/mol. The quantitative estimate of drug-likeness (QED) is 0.930. The van der Waals surface area contributed by atoms with E-state index >= 15 is 0 Å². The molecule has 20 heavy (non-hydrogen) atoms. The standard InChI is InChI=1S/C13H12Cl2N2O2S/c1-8-6-12(9(2)5-11(8)15)20(18,19)17-13-4-3-10(14)7-16-13/h3-7H,1-2H3,(H,16,17). The molecule has 1 aromatic heterocycles. The van der Waals surface area contributed by atoms with E-state index in [2.05, 4.69) is 9.71 Å². The molecule has 7 heteroatoms. The first kappa shape index (κ1) is 15.1. The molecule has 0 aliphatic rings. The molecule has 2 aromatic rings. The highest BCUT2D eigenvalue weighted by molar-refractivity contribution is 7.92. The maximum atomic E-state index is 12.3. The van der Waals surface area contributed by atoms with Crippen molar-refractivity contribution in [3.8, 4) is 0 Å². The third-order valence-corrected chi connectivity index (χ3v) is 4.84. The number of aromatic nitrogens is 1. The molecule has 0 saturated carbocycles. The lowest BCUT2D eigenvalue weighted by atomic mass is 10.2. The molecule has 0 radical (unpaired) electrons. The number of rotatable bonds is 3. The van der Waals surface area contributed by atoms with Gasteiger partial charge in [0, 0.05) is 11.2 Å². The lowest BCUT2D eigenvalue weighted by molar-refractivity contribution is 0.600. The minimum Gasteiger partial charge on any atom is -0.263 e. The van der Waals surface area contributed by atoms with Gasteiger partial charge >= 0.3 is 0 Å². The van der Waals surface area contributed by atoms with E-state index in [0.717, 1.165) is 0 Å². The van der Waals surface area contributed by atoms with Crippen LogP contribution in [-0.4, -0.2) is 13.4 Å². The van der Waals surface area contributed by atoms with Gasteiger partial charge in [-0.15, -0.1) is 0 Å². The maximum absolute atomic E-state index is 12.3. The van der Waals surface area contributed by atoms with Gasteiger partial charge < -0.3 is 0 Å². The van der Waals surface area contributed by atoms with Crippen molar-refractivity contribution in [2.24, 2.45) is 0 Å². The van der Waals surface area contributed by atoms with E-state index in [-0.39, 0.29) is 10.7 Å². The molecule has 2 rings (SSSR count). The topological polar surface area (TPSA) is 59.1 Å². The Bertz CT molecular complexity index is 744. The maximum Gasteiger partial charge on any atom is 0.263 e. The van der Waals surface area contributed by atoms with E-state index in [4.69, 9.17) is 23.2 Å². The van der Waals surface area contributed by atoms with Crippen LogP contribution in [0.2, 0.25) is 10.0 Å². The first-order valence-electron chi connectivity index (χ1n) is 5.71. The minimum atomic E-state index is -3.71. The van der Waals surface area contributed by atoms with Gasteiger partial charge in [-0.25, -0.2) is 13.4 Å². The fourth-order valence-electron chi connectivity index (χ4n) is 1.67. The summed E-state index contributed by atoms with van der Waals surface area (Å²) in [6.07, 6.45) is 1.37. The highest BCUT2D eigenvalue weighted by Gasteiger charge is 2.18. The van der Waals surface area contributed by atoms with Crippen LogP contribution >= 0.6 is 23.2 Å². The zero-order valence-electron chi connectivity index (χ0n) is 10.8. The van der Waals surface area contributed by atoms with Crippen molar-refractivity contribution in [2.75, 3.05) is 4.72 Å². The Kier molecular flexibility index (Phi) is 4.22. The molecule has 0 aliphatic heterocycles. The Morgan fingerprint density at radius 3 is 2.40 bits per heavy atom. The van der Waals surface area contributed by atoms with Crippen LogP contribution in [0.3, 0.4) is 0 Å². The average molecular weight is 331 g/mol. The first-order chi connectivity index (χ1) is 9.29. The second-order valence-electron chi connectivity index (χ2n) is 4.33. The van der Waals surface area contributed by atoms with Crippen LogP contribution in [0.1, 0.15) is 11.1 Å². The summed E-state index contributed by atoms with van der Waals surface area (Å²) in [5.41, 5.74) is 1.27. The first-order valence-corrected chi connectivity index (χ1v) is 7.94. The Hall–Kier alpha value is -1.30. The molecule has 0 saturated heterocycles. The lowest BCUT2D eigenvalue weighted by Gasteiger charge is -2.11. The summed E-state index contributed by atoms with van der Waals surface area (Å²) >= 11 is 11.7. The summed E-state index contributed by atoms with van der Waals surface area (Å²) in [4.78, 5) is 4.09. The lowest BCUT2D eigenvalue weighted by Crippen LogP contribution is -2.15. The van der Waals surface area contributed by atoms with Gasteiger partial charge in [-0.3, -0.25) is 4.72 Å². The summed E-state index contributed by atoms with van der Waals surface area (Å²) in [5, 5.41) is 0.970. The Labute approximate surface area is 127 Å². The number of halogens is 2. The fraction of sp³-hybridized carbons (Fsp3) is 0.154. The molecule has 0 bridgehead atoms. The number of aryl methyl sites for hydroxylation is 2. The van der Waals surface area contributed by atoms with Gasteiger partial charge in [0.2, 0.25) is 0 Å². The van der Waals surface area contributed by atoms with E-state index in [0.29, 0.717) is 21.2 Å². The molecular weight excluding hydrogens is 319 g/mol. The highest BCUT2D eigenvalue weighted by atomic mass is 35.5. The molecule has 1 N–H and O–H groups in total. The van der Waals surface area contributed by atoms with Crippen LogP contribution < -0.4 is 4.72 Å². The largest absolute Gasteiger partial charge is 0.263 e. The molecule has 0 amide bonds. The second-order valence-corrected chi connectivity index (χ2v) is 6.83. The van der Waals surface area contributed by atoms with Crippen LogP contribution in [0.25, 0.3) is 0 Å². The zero-order chi connectivity index (χ0) is 14.9. The number of pyridine rings is 1. The summed E-state index contributed by atoms with van der Waals surface area (Å²) in [5.74, 6) is 0.210. The molecular formula is C13H12Cl2N2O2S. The summed E-state index contributed by atoms with van der Waals surface area (Å²) in [7, 11) is -3.71. The molecule has 106 valence electrons. The molecule has 0 unspecified atom stereocenters. The Morgan fingerprint density at radius 1 is 1.10 bits per heavy atom. The summed E-state index contributed by atoms with van der Waals surface area (Å²) in [6.45, 7) is 3.44. The number of nitrogens with one attached hydrogen (secondary N) is 1. The van der Waals surface area contributed by atoms with Crippen LogP contribution in [0.4, 0.5) is 5.82 Å². The number of benzene rings is 1. The van der Waals surface area contributed by atoms with Gasteiger partial charge in [0.1, 0.15) is 5.82 Å². The van der Waals surface area contributed by atoms with E-state index in [1.54, 1.807) is 26.0 Å². The molecule has 0 spiro atoms. The predicted octanol–water partition coefficient (Wildman–Crippen LogP) is 3.81. The van der Waals surface area contributed by atoms with Crippen LogP contribution in [-0.2, 0) is 10.0 Å². The number of nitrogens with zero attached hydrogens (tertiary/aromatic N) is 1. The van der Waals surface area contributed by atoms with Gasteiger partial charge in [-0.1, -0.05) is 23.2 Å². The molecule has 0 aliphatic carbocycles. The second kappa shape index (κ2) is 5.60. The van der Waals surface area contributed by atoms with Crippen LogP contribution in [0, 0.1) is 13.8 Å². The van der Waals surface area contributed by atoms with E-state index in [1.165, 1.54) is 18.3 Å². The average Bonchev–Trinajstić information content (AvgIpc) is 2.36. The number of anilines is 1. The van der Waals surface area contributed by atoms with E-state index < -0.39 is 10.0 Å². The minimum absolute atomic E-state index is 0.177. The van der Waals surface area contributed by atoms with E-state index in [9.17, 15) is 8.42 Å². The van der Waals surface area contributed by atoms with Crippen molar-refractivity contribution in [1.82, 2.24) is 4.98 Å². The Morgan fingerprint density at radius 2 is 1.80 bits per heavy atom. The highest BCUT2D eigenvalue weighted by Crippen LogP contribution is 2.25. The number of hydrogen-bond donors (Lipinski definition) is 1. The van der Waals surface area contributed by atoms with Crippen molar-refractivity contribution in [3.63, 3.8) is 0 Å². The van der Waals surface area contributed by atoms with Crippen LogP contribution in [0.5, 0.6) is 0 Å². The summed E-state index contributed by atoms with van der Waals surface area (Å²) in [6, 6.07) is 6.22. The van der Waals surface area contributed by atoms with Crippen molar-refractivity contribution < 1.29 is 8.42 Å². The normalized spacial score (nSPS) is 11.4. The molecule has 0 fully saturated rings.